The number of amides is 1. The molecule has 0 saturated carbocycles. The second-order valence-electron chi connectivity index (χ2n) is 9.37. The molecule has 6 nitrogen and oxygen atoms in total. The Balaban J connectivity index is 1.51. The molecule has 2 aliphatic heterocycles. The Morgan fingerprint density at radius 3 is 2.79 bits per heavy atom. The van der Waals surface area contributed by atoms with Gasteiger partial charge in [-0.15, -0.1) is 0 Å². The number of hydrogen-bond acceptors (Lipinski definition) is 5. The van der Waals surface area contributed by atoms with Crippen molar-refractivity contribution in [2.24, 2.45) is 5.92 Å². The van der Waals surface area contributed by atoms with Crippen LogP contribution in [0.4, 0.5) is 5.69 Å². The van der Waals surface area contributed by atoms with Gasteiger partial charge in [-0.1, -0.05) is 12.1 Å². The van der Waals surface area contributed by atoms with Gasteiger partial charge < -0.3 is 19.7 Å². The molecule has 5 rings (SSSR count). The second kappa shape index (κ2) is 9.63. The van der Waals surface area contributed by atoms with E-state index < -0.39 is 0 Å². The smallest absolute Gasteiger partial charge is 0.265 e. The molecule has 3 heterocycles. The third kappa shape index (κ3) is 4.34. The number of anilines is 1. The number of nitrogens with one attached hydrogen (secondary N) is 1. The number of likely N-dealkylation sites (N-methyl/N-ethyl adjacent to an activating group) is 1. The van der Waals surface area contributed by atoms with Gasteiger partial charge in [0.05, 0.1) is 11.2 Å². The first-order valence-corrected chi connectivity index (χ1v) is 12.4. The molecule has 1 amide bonds. The van der Waals surface area contributed by atoms with Crippen molar-refractivity contribution in [2.45, 2.75) is 45.6 Å². The minimum Gasteiger partial charge on any atom is -0.489 e. The number of rotatable bonds is 6. The van der Waals surface area contributed by atoms with Gasteiger partial charge in [0.15, 0.2) is 6.61 Å². The molecule has 178 valence electrons. The van der Waals surface area contributed by atoms with E-state index in [1.54, 1.807) is 0 Å². The average molecular weight is 460 g/mol. The first-order valence-electron chi connectivity index (χ1n) is 12.4. The Labute approximate surface area is 201 Å². The SMILES string of the molecule is CCN1C(=O)COc2ccc(C(C3CCNCC3)C(C)Oc3cccc4nc(C)ccc34)cc21. The largest absolute Gasteiger partial charge is 0.489 e. The molecule has 34 heavy (non-hydrogen) atoms. The molecule has 2 atom stereocenters. The number of piperidine rings is 1. The van der Waals surface area contributed by atoms with Crippen LogP contribution < -0.4 is 19.7 Å². The van der Waals surface area contributed by atoms with Gasteiger partial charge in [0.25, 0.3) is 5.91 Å². The van der Waals surface area contributed by atoms with Gasteiger partial charge in [-0.05, 0) is 94.6 Å². The predicted octanol–water partition coefficient (Wildman–Crippen LogP) is 4.84. The highest BCUT2D eigenvalue weighted by Gasteiger charge is 2.33. The third-order valence-corrected chi connectivity index (χ3v) is 7.17. The highest BCUT2D eigenvalue weighted by Crippen LogP contribution is 2.41. The van der Waals surface area contributed by atoms with Crippen LogP contribution in [0.1, 0.15) is 43.9 Å². The number of benzene rings is 2. The van der Waals surface area contributed by atoms with Crippen LogP contribution in [-0.4, -0.2) is 43.2 Å². The first kappa shape index (κ1) is 22.7. The minimum absolute atomic E-state index is 0.00779. The number of pyridine rings is 1. The molecule has 1 fully saturated rings. The molecular formula is C28H33N3O3. The number of carbonyl (C=O) groups is 1. The van der Waals surface area contributed by atoms with E-state index in [4.69, 9.17) is 9.47 Å². The van der Waals surface area contributed by atoms with E-state index >= 15 is 0 Å². The van der Waals surface area contributed by atoms with Crippen molar-refractivity contribution >= 4 is 22.5 Å². The third-order valence-electron chi connectivity index (χ3n) is 7.17. The quantitative estimate of drug-likeness (QED) is 0.572. The lowest BCUT2D eigenvalue weighted by Crippen LogP contribution is -2.39. The summed E-state index contributed by atoms with van der Waals surface area (Å²) in [5.74, 6) is 2.33. The summed E-state index contributed by atoms with van der Waals surface area (Å²) in [4.78, 5) is 19.0. The summed E-state index contributed by atoms with van der Waals surface area (Å²) in [5.41, 5.74) is 4.01. The molecule has 2 aromatic carbocycles. The van der Waals surface area contributed by atoms with Gasteiger partial charge in [-0.2, -0.15) is 0 Å². The molecule has 3 aromatic rings. The van der Waals surface area contributed by atoms with Crippen LogP contribution in [-0.2, 0) is 4.79 Å². The fourth-order valence-electron chi connectivity index (χ4n) is 5.51. The van der Waals surface area contributed by atoms with Crippen molar-refractivity contribution < 1.29 is 14.3 Å². The van der Waals surface area contributed by atoms with E-state index in [1.165, 1.54) is 5.56 Å². The minimum atomic E-state index is -0.0525. The van der Waals surface area contributed by atoms with Gasteiger partial charge >= 0.3 is 0 Å². The van der Waals surface area contributed by atoms with Crippen LogP contribution in [0, 0.1) is 12.8 Å². The molecule has 6 heteroatoms. The lowest BCUT2D eigenvalue weighted by molar-refractivity contribution is -0.121. The number of aryl methyl sites for hydroxylation is 1. The molecule has 1 saturated heterocycles. The number of aromatic nitrogens is 1. The first-order chi connectivity index (χ1) is 16.5. The molecule has 2 unspecified atom stereocenters. The second-order valence-corrected chi connectivity index (χ2v) is 9.37. The van der Waals surface area contributed by atoms with Gasteiger partial charge in [-0.3, -0.25) is 9.78 Å². The molecule has 0 aliphatic carbocycles. The van der Waals surface area contributed by atoms with Crippen molar-refractivity contribution in [2.75, 3.05) is 31.1 Å². The van der Waals surface area contributed by atoms with E-state index in [9.17, 15) is 4.79 Å². The van der Waals surface area contributed by atoms with E-state index in [0.29, 0.717) is 12.5 Å². The lowest BCUT2D eigenvalue weighted by atomic mass is 9.77. The highest BCUT2D eigenvalue weighted by molar-refractivity contribution is 5.97. The topological polar surface area (TPSA) is 63.7 Å². The Hall–Kier alpha value is -3.12. The number of nitrogens with zero attached hydrogens (tertiary/aromatic N) is 2. The predicted molar refractivity (Wildman–Crippen MR) is 135 cm³/mol. The van der Waals surface area contributed by atoms with E-state index in [1.807, 2.05) is 49.1 Å². The van der Waals surface area contributed by atoms with Crippen molar-refractivity contribution in [1.82, 2.24) is 10.3 Å². The van der Waals surface area contributed by atoms with Gasteiger partial charge in [0, 0.05) is 23.5 Å². The van der Waals surface area contributed by atoms with Crippen LogP contribution in [0.2, 0.25) is 0 Å². The summed E-state index contributed by atoms with van der Waals surface area (Å²) in [5, 5.41) is 4.52. The van der Waals surface area contributed by atoms with Crippen molar-refractivity contribution in [1.29, 1.82) is 0 Å². The van der Waals surface area contributed by atoms with Gasteiger partial charge in [-0.25, -0.2) is 0 Å². The number of ether oxygens (including phenoxy) is 2. The van der Waals surface area contributed by atoms with Crippen LogP contribution in [0.25, 0.3) is 10.9 Å². The van der Waals surface area contributed by atoms with Gasteiger partial charge in [0.1, 0.15) is 17.6 Å². The molecule has 0 radical (unpaired) electrons. The lowest BCUT2D eigenvalue weighted by Gasteiger charge is -2.36. The number of fused-ring (bicyclic) bond motifs is 2. The van der Waals surface area contributed by atoms with Gasteiger partial charge in [0.2, 0.25) is 0 Å². The zero-order valence-corrected chi connectivity index (χ0v) is 20.2. The Bertz CT molecular complexity index is 1190. The van der Waals surface area contributed by atoms with Crippen molar-refractivity contribution in [3.63, 3.8) is 0 Å². The van der Waals surface area contributed by atoms with Crippen LogP contribution in [0.5, 0.6) is 11.5 Å². The summed E-state index contributed by atoms with van der Waals surface area (Å²) >= 11 is 0. The zero-order chi connectivity index (χ0) is 23.7. The monoisotopic (exact) mass is 459 g/mol. The van der Waals surface area contributed by atoms with Crippen molar-refractivity contribution in [3.05, 3.63) is 59.8 Å². The summed E-state index contributed by atoms with van der Waals surface area (Å²) < 4.78 is 12.4. The molecule has 0 bridgehead atoms. The van der Waals surface area contributed by atoms with E-state index in [-0.39, 0.29) is 24.5 Å². The van der Waals surface area contributed by atoms with E-state index in [0.717, 1.165) is 59.7 Å². The number of carbonyl (C=O) groups excluding carboxylic acids is 1. The van der Waals surface area contributed by atoms with E-state index in [2.05, 4.69) is 35.4 Å². The summed E-state index contributed by atoms with van der Waals surface area (Å²) in [7, 11) is 0. The fraction of sp³-hybridized carbons (Fsp3) is 0.429. The molecule has 1 aromatic heterocycles. The standard InChI is InChI=1S/C28H33N3O3/c1-4-31-24-16-21(9-11-26(24)33-17-27(31)32)28(20-12-14-29-15-13-20)19(3)34-25-7-5-6-23-22(25)10-8-18(2)30-23/h5-11,16,19-20,28-29H,4,12-15,17H2,1-3H3. The molecule has 2 aliphatic rings. The Kier molecular flexibility index (Phi) is 6.42. The summed E-state index contributed by atoms with van der Waals surface area (Å²) in [6.07, 6.45) is 2.14. The average Bonchev–Trinajstić information content (AvgIpc) is 2.85. The molecule has 0 spiro atoms. The normalized spacial score (nSPS) is 18.3. The maximum atomic E-state index is 12.5. The zero-order valence-electron chi connectivity index (χ0n) is 20.2. The van der Waals surface area contributed by atoms with Crippen molar-refractivity contribution in [3.8, 4) is 11.5 Å². The summed E-state index contributed by atoms with van der Waals surface area (Å²) in [6, 6.07) is 16.5. The van der Waals surface area contributed by atoms with Crippen LogP contribution in [0.15, 0.2) is 48.5 Å². The Morgan fingerprint density at radius 2 is 2.00 bits per heavy atom. The Morgan fingerprint density at radius 1 is 1.18 bits per heavy atom. The maximum absolute atomic E-state index is 12.5. The van der Waals surface area contributed by atoms with Crippen LogP contribution in [0.3, 0.4) is 0 Å². The van der Waals surface area contributed by atoms with Crippen LogP contribution >= 0.6 is 0 Å². The highest BCUT2D eigenvalue weighted by atomic mass is 16.5. The maximum Gasteiger partial charge on any atom is 0.265 e. The number of hydrogen-bond donors (Lipinski definition) is 1. The molecular weight excluding hydrogens is 426 g/mol. The molecule has 1 N–H and O–H groups in total. The fourth-order valence-corrected chi connectivity index (χ4v) is 5.51. The summed E-state index contributed by atoms with van der Waals surface area (Å²) in [6.45, 7) is 8.94.